The van der Waals surface area contributed by atoms with E-state index in [1.165, 1.54) is 0 Å². The lowest BCUT2D eigenvalue weighted by Gasteiger charge is -2.12. The fourth-order valence-corrected chi connectivity index (χ4v) is 2.05. The number of hydrogen-bond donors (Lipinski definition) is 1. The molecule has 0 aliphatic rings. The van der Waals surface area contributed by atoms with E-state index < -0.39 is 0 Å². The molecule has 0 spiro atoms. The molecule has 2 nitrogen and oxygen atoms in total. The Morgan fingerprint density at radius 1 is 1.53 bits per heavy atom. The topological polar surface area (TPSA) is 35.2 Å². The molecule has 0 radical (unpaired) electrons. The van der Waals surface area contributed by atoms with Crippen LogP contribution in [0.25, 0.3) is 0 Å². The fourth-order valence-electron chi connectivity index (χ4n) is 1.30. The largest absolute Gasteiger partial charge is 0.380 e. The van der Waals surface area contributed by atoms with E-state index >= 15 is 0 Å². The smallest absolute Gasteiger partial charge is 0.0620 e. The van der Waals surface area contributed by atoms with E-state index in [0.717, 1.165) is 21.5 Å². The number of ether oxygens (including phenoxy) is 1. The summed E-state index contributed by atoms with van der Waals surface area (Å²) in [6.07, 6.45) is 0.742. The minimum Gasteiger partial charge on any atom is -0.380 e. The number of rotatable bonds is 5. The third-order valence-electron chi connectivity index (χ3n) is 2.03. The minimum absolute atomic E-state index is 0.00336. The summed E-state index contributed by atoms with van der Waals surface area (Å²) in [4.78, 5) is 0. The molecule has 0 heterocycles. The second-order valence-corrected chi connectivity index (χ2v) is 4.68. The van der Waals surface area contributed by atoms with E-state index in [9.17, 15) is 0 Å². The highest BCUT2D eigenvalue weighted by Gasteiger charge is 2.07. The fraction of sp³-hybridized carbons (Fsp3) is 0.455. The predicted octanol–water partition coefficient (Wildman–Crippen LogP) is 3.01. The van der Waals surface area contributed by atoms with Crippen molar-refractivity contribution in [3.63, 3.8) is 0 Å². The van der Waals surface area contributed by atoms with E-state index in [1.54, 1.807) is 0 Å². The molecule has 4 heteroatoms. The molecule has 1 unspecified atom stereocenters. The van der Waals surface area contributed by atoms with Crippen LogP contribution in [0.5, 0.6) is 0 Å². The zero-order valence-electron chi connectivity index (χ0n) is 8.67. The third kappa shape index (κ3) is 4.51. The molecule has 84 valence electrons. The second kappa shape index (κ2) is 6.48. The quantitative estimate of drug-likeness (QED) is 0.905. The Balaban J connectivity index is 2.56. The first kappa shape index (κ1) is 13.0. The van der Waals surface area contributed by atoms with E-state index in [-0.39, 0.29) is 6.04 Å². The Bertz CT molecular complexity index is 319. The zero-order chi connectivity index (χ0) is 11.3. The summed E-state index contributed by atoms with van der Waals surface area (Å²) < 4.78 is 6.23. The minimum atomic E-state index is 0.00336. The lowest BCUT2D eigenvalue weighted by atomic mass is 10.1. The zero-order valence-corrected chi connectivity index (χ0v) is 11.0. The van der Waals surface area contributed by atoms with Gasteiger partial charge in [-0.2, -0.15) is 0 Å². The van der Waals surface area contributed by atoms with E-state index in [4.69, 9.17) is 22.1 Å². The van der Waals surface area contributed by atoms with Crippen LogP contribution in [0.2, 0.25) is 5.02 Å². The summed E-state index contributed by atoms with van der Waals surface area (Å²) in [5, 5.41) is 0.747. The van der Waals surface area contributed by atoms with Gasteiger partial charge < -0.3 is 10.5 Å². The highest BCUT2D eigenvalue weighted by atomic mass is 79.9. The van der Waals surface area contributed by atoms with Crippen LogP contribution in [0.1, 0.15) is 12.5 Å². The maximum atomic E-state index is 6.08. The Labute approximate surface area is 104 Å². The van der Waals surface area contributed by atoms with E-state index in [2.05, 4.69) is 15.9 Å². The van der Waals surface area contributed by atoms with Crippen LogP contribution in [0, 0.1) is 0 Å². The summed E-state index contributed by atoms with van der Waals surface area (Å²) in [6.45, 7) is 3.23. The molecule has 0 aliphatic carbocycles. The molecule has 1 atom stereocenters. The summed E-state index contributed by atoms with van der Waals surface area (Å²) in [6, 6.07) is 5.83. The number of hydrogen-bond acceptors (Lipinski definition) is 2. The summed E-state index contributed by atoms with van der Waals surface area (Å²) in [5.74, 6) is 0. The van der Waals surface area contributed by atoms with Gasteiger partial charge in [-0.15, -0.1) is 0 Å². The van der Waals surface area contributed by atoms with Crippen molar-refractivity contribution in [3.8, 4) is 0 Å². The molecule has 1 aromatic carbocycles. The van der Waals surface area contributed by atoms with Crippen molar-refractivity contribution in [1.82, 2.24) is 0 Å². The first-order chi connectivity index (χ1) is 7.13. The average Bonchev–Trinajstić information content (AvgIpc) is 2.19. The second-order valence-electron chi connectivity index (χ2n) is 3.36. The van der Waals surface area contributed by atoms with Gasteiger partial charge >= 0.3 is 0 Å². The van der Waals surface area contributed by atoms with Gasteiger partial charge in [-0.1, -0.05) is 33.6 Å². The van der Waals surface area contributed by atoms with Gasteiger partial charge in [0.05, 0.1) is 6.61 Å². The molecular formula is C11H15BrClNO. The van der Waals surface area contributed by atoms with Crippen LogP contribution in [0.15, 0.2) is 22.7 Å². The molecule has 2 N–H and O–H groups in total. The van der Waals surface area contributed by atoms with Crippen LogP contribution in [-0.4, -0.2) is 19.3 Å². The van der Waals surface area contributed by atoms with Crippen LogP contribution in [0.4, 0.5) is 0 Å². The van der Waals surface area contributed by atoms with Crippen molar-refractivity contribution >= 4 is 27.5 Å². The molecule has 0 saturated carbocycles. The first-order valence-corrected chi connectivity index (χ1v) is 6.07. The molecule has 1 aromatic rings. The van der Waals surface area contributed by atoms with Gasteiger partial charge in [0.2, 0.25) is 0 Å². The summed E-state index contributed by atoms with van der Waals surface area (Å²) in [7, 11) is 0. The highest BCUT2D eigenvalue weighted by Crippen LogP contribution is 2.22. The monoisotopic (exact) mass is 291 g/mol. The molecule has 1 rings (SSSR count). The molecule has 0 saturated heterocycles. The SMILES string of the molecule is CCOCC(N)Cc1ccc(Br)cc1Cl. The van der Waals surface area contributed by atoms with Gasteiger partial charge in [0.1, 0.15) is 0 Å². The van der Waals surface area contributed by atoms with Crippen molar-refractivity contribution in [2.75, 3.05) is 13.2 Å². The van der Waals surface area contributed by atoms with Gasteiger partial charge in [0.25, 0.3) is 0 Å². The number of halogens is 2. The summed E-state index contributed by atoms with van der Waals surface area (Å²) >= 11 is 9.45. The molecule has 0 bridgehead atoms. The van der Waals surface area contributed by atoms with Gasteiger partial charge in [-0.05, 0) is 31.0 Å². The Morgan fingerprint density at radius 3 is 2.87 bits per heavy atom. The molecule has 0 aromatic heterocycles. The van der Waals surface area contributed by atoms with Crippen LogP contribution in [-0.2, 0) is 11.2 Å². The van der Waals surface area contributed by atoms with Crippen LogP contribution >= 0.6 is 27.5 Å². The Hall–Kier alpha value is -0.0900. The lowest BCUT2D eigenvalue weighted by molar-refractivity contribution is 0.133. The Morgan fingerprint density at radius 2 is 2.27 bits per heavy atom. The number of benzene rings is 1. The van der Waals surface area contributed by atoms with Crippen molar-refractivity contribution < 1.29 is 4.74 Å². The van der Waals surface area contributed by atoms with Crippen molar-refractivity contribution in [2.45, 2.75) is 19.4 Å². The highest BCUT2D eigenvalue weighted by molar-refractivity contribution is 9.10. The predicted molar refractivity (Wildman–Crippen MR) is 67.3 cm³/mol. The van der Waals surface area contributed by atoms with Crippen LogP contribution in [0.3, 0.4) is 0 Å². The van der Waals surface area contributed by atoms with Crippen molar-refractivity contribution in [2.24, 2.45) is 5.73 Å². The van der Waals surface area contributed by atoms with Gasteiger partial charge in [-0.25, -0.2) is 0 Å². The maximum absolute atomic E-state index is 6.08. The van der Waals surface area contributed by atoms with E-state index in [1.807, 2.05) is 25.1 Å². The standard InChI is InChI=1S/C11H15BrClNO/c1-2-15-7-10(14)5-8-3-4-9(12)6-11(8)13/h3-4,6,10H,2,5,7,14H2,1H3. The Kier molecular flexibility index (Phi) is 5.61. The van der Waals surface area contributed by atoms with Crippen molar-refractivity contribution in [3.05, 3.63) is 33.3 Å². The van der Waals surface area contributed by atoms with Crippen molar-refractivity contribution in [1.29, 1.82) is 0 Å². The van der Waals surface area contributed by atoms with Gasteiger partial charge in [0.15, 0.2) is 0 Å². The average molecular weight is 293 g/mol. The van der Waals surface area contributed by atoms with Gasteiger partial charge in [-0.3, -0.25) is 0 Å². The maximum Gasteiger partial charge on any atom is 0.0620 e. The molecule has 0 aliphatic heterocycles. The molecule has 0 fully saturated rings. The molecular weight excluding hydrogens is 277 g/mol. The van der Waals surface area contributed by atoms with Gasteiger partial charge in [0, 0.05) is 22.1 Å². The number of nitrogens with two attached hydrogens (primary N) is 1. The molecule has 15 heavy (non-hydrogen) atoms. The summed E-state index contributed by atoms with van der Waals surface area (Å²) in [5.41, 5.74) is 6.97. The lowest BCUT2D eigenvalue weighted by Crippen LogP contribution is -2.28. The van der Waals surface area contributed by atoms with E-state index in [0.29, 0.717) is 13.2 Å². The normalized spacial score (nSPS) is 12.8. The first-order valence-electron chi connectivity index (χ1n) is 4.90. The molecule has 0 amide bonds. The third-order valence-corrected chi connectivity index (χ3v) is 2.88. The van der Waals surface area contributed by atoms with Crippen LogP contribution < -0.4 is 5.73 Å².